The van der Waals surface area contributed by atoms with Gasteiger partial charge in [-0.1, -0.05) is 17.7 Å². The van der Waals surface area contributed by atoms with Crippen molar-refractivity contribution in [3.8, 4) is 11.5 Å². The van der Waals surface area contributed by atoms with Crippen LogP contribution in [0.15, 0.2) is 46.9 Å². The molecule has 1 unspecified atom stereocenters. The lowest BCUT2D eigenvalue weighted by molar-refractivity contribution is -0.150. The first-order chi connectivity index (χ1) is 16.4. The van der Waals surface area contributed by atoms with Crippen LogP contribution in [-0.4, -0.2) is 49.7 Å². The first-order valence-electron chi connectivity index (χ1n) is 11.4. The topological polar surface area (TPSA) is 63.9 Å². The van der Waals surface area contributed by atoms with Crippen LogP contribution in [0.4, 0.5) is 8.78 Å². The number of amides is 1. The predicted molar refractivity (Wildman–Crippen MR) is 124 cm³/mol. The number of rotatable bonds is 7. The fourth-order valence-electron chi connectivity index (χ4n) is 4.49. The van der Waals surface area contributed by atoms with Crippen molar-refractivity contribution in [3.63, 3.8) is 0 Å². The molecule has 2 aliphatic heterocycles. The lowest BCUT2D eigenvalue weighted by Crippen LogP contribution is -2.49. The van der Waals surface area contributed by atoms with E-state index in [9.17, 15) is 4.79 Å². The molecule has 1 saturated heterocycles. The summed E-state index contributed by atoms with van der Waals surface area (Å²) in [6.45, 7) is 3.19. The number of halogens is 3. The molecule has 34 heavy (non-hydrogen) atoms. The van der Waals surface area contributed by atoms with E-state index in [1.165, 1.54) is 12.1 Å². The third kappa shape index (κ3) is 4.83. The van der Waals surface area contributed by atoms with Crippen molar-refractivity contribution in [1.82, 2.24) is 10.2 Å². The Morgan fingerprint density at radius 2 is 1.82 bits per heavy atom. The second-order valence-corrected chi connectivity index (χ2v) is 9.16. The molecule has 1 N–H and O–H groups in total. The van der Waals surface area contributed by atoms with E-state index < -0.39 is 23.6 Å². The van der Waals surface area contributed by atoms with E-state index >= 15 is 8.78 Å². The van der Waals surface area contributed by atoms with Crippen molar-refractivity contribution in [2.24, 2.45) is 0 Å². The Morgan fingerprint density at radius 1 is 1.06 bits per heavy atom. The quantitative estimate of drug-likeness (QED) is 0.517. The minimum atomic E-state index is -3.83. The molecule has 0 bridgehead atoms. The van der Waals surface area contributed by atoms with Gasteiger partial charge in [0.05, 0.1) is 0 Å². The zero-order valence-electron chi connectivity index (χ0n) is 18.5. The minimum absolute atomic E-state index is 0.247. The molecule has 2 aliphatic rings. The molecule has 3 aromatic rings. The molecule has 0 saturated carbocycles. The molecule has 1 atom stereocenters. The standard InChI is InChI=1S/C25H25ClF2N2O4/c26-18-4-6-20-17(13-18)14-23(34-20)25(27,28)24(31)29-19(15-30-7-1-2-8-30)11-16-3-5-21-22(12-16)33-10-9-32-21/h3-6,12-14,19H,1-2,7-11,15H2,(H,29,31). The van der Waals surface area contributed by atoms with Gasteiger partial charge < -0.3 is 24.1 Å². The third-order valence-electron chi connectivity index (χ3n) is 6.17. The Labute approximate surface area is 200 Å². The number of likely N-dealkylation sites (tertiary alicyclic amines) is 1. The highest BCUT2D eigenvalue weighted by atomic mass is 35.5. The number of hydrogen-bond acceptors (Lipinski definition) is 5. The van der Waals surface area contributed by atoms with Crippen LogP contribution in [0.25, 0.3) is 11.0 Å². The molecule has 9 heteroatoms. The van der Waals surface area contributed by atoms with E-state index in [-0.39, 0.29) is 5.58 Å². The van der Waals surface area contributed by atoms with Gasteiger partial charge in [-0.15, -0.1) is 0 Å². The summed E-state index contributed by atoms with van der Waals surface area (Å²) < 4.78 is 46.8. The van der Waals surface area contributed by atoms with Crippen LogP contribution in [0.3, 0.4) is 0 Å². The van der Waals surface area contributed by atoms with Crippen LogP contribution >= 0.6 is 11.6 Å². The number of nitrogens with one attached hydrogen (secondary N) is 1. The molecular formula is C25H25ClF2N2O4. The molecule has 1 fully saturated rings. The molecule has 5 rings (SSSR count). The predicted octanol–water partition coefficient (Wildman–Crippen LogP) is 4.77. The average molecular weight is 491 g/mol. The Bertz CT molecular complexity index is 1190. The van der Waals surface area contributed by atoms with Crippen LogP contribution in [0.5, 0.6) is 11.5 Å². The second-order valence-electron chi connectivity index (χ2n) is 8.73. The summed E-state index contributed by atoms with van der Waals surface area (Å²) in [6.07, 6.45) is 2.50. The van der Waals surface area contributed by atoms with Crippen molar-refractivity contribution < 1.29 is 27.5 Å². The number of carbonyl (C=O) groups excluding carboxylic acids is 1. The lowest BCUT2D eigenvalue weighted by Gasteiger charge is -2.26. The first kappa shape index (κ1) is 22.9. The molecule has 3 heterocycles. The number of nitrogens with zero attached hydrogens (tertiary/aromatic N) is 1. The highest BCUT2D eigenvalue weighted by Crippen LogP contribution is 2.35. The maximum absolute atomic E-state index is 15.1. The number of benzene rings is 2. The second kappa shape index (κ2) is 9.43. The van der Waals surface area contributed by atoms with Crippen LogP contribution in [0.1, 0.15) is 24.2 Å². The van der Waals surface area contributed by atoms with Gasteiger partial charge in [0.1, 0.15) is 18.8 Å². The smallest absolute Gasteiger partial charge is 0.380 e. The van der Waals surface area contributed by atoms with Gasteiger partial charge in [-0.25, -0.2) is 0 Å². The number of ether oxygens (including phenoxy) is 2. The molecule has 6 nitrogen and oxygen atoms in total. The first-order valence-corrected chi connectivity index (χ1v) is 11.8. The molecule has 0 spiro atoms. The SMILES string of the molecule is O=C(NC(Cc1ccc2c(c1)OCCO2)CN1CCCC1)C(F)(F)c1cc2cc(Cl)ccc2o1. The lowest BCUT2D eigenvalue weighted by atomic mass is 10.0. The van der Waals surface area contributed by atoms with E-state index in [1.807, 2.05) is 18.2 Å². The van der Waals surface area contributed by atoms with Gasteiger partial charge in [0, 0.05) is 23.0 Å². The van der Waals surface area contributed by atoms with Crippen molar-refractivity contribution in [2.45, 2.75) is 31.2 Å². The summed E-state index contributed by atoms with van der Waals surface area (Å²) in [5, 5.41) is 3.40. The van der Waals surface area contributed by atoms with Crippen LogP contribution in [0.2, 0.25) is 5.02 Å². The number of furan rings is 1. The van der Waals surface area contributed by atoms with Crippen molar-refractivity contribution in [1.29, 1.82) is 0 Å². The van der Waals surface area contributed by atoms with Crippen LogP contribution in [0, 0.1) is 0 Å². The summed E-state index contributed by atoms with van der Waals surface area (Å²) in [5.41, 5.74) is 1.12. The van der Waals surface area contributed by atoms with Crippen molar-refractivity contribution >= 4 is 28.5 Å². The highest BCUT2D eigenvalue weighted by Gasteiger charge is 2.45. The minimum Gasteiger partial charge on any atom is -0.486 e. The van der Waals surface area contributed by atoms with E-state index in [2.05, 4.69) is 10.2 Å². The molecule has 180 valence electrons. The van der Waals surface area contributed by atoms with Gasteiger partial charge in [0.25, 0.3) is 5.91 Å². The number of hydrogen-bond donors (Lipinski definition) is 1. The summed E-state index contributed by atoms with van der Waals surface area (Å²) in [5.74, 6) is -4.64. The van der Waals surface area contributed by atoms with Crippen LogP contribution in [-0.2, 0) is 17.1 Å². The maximum Gasteiger partial charge on any atom is 0.380 e. The highest BCUT2D eigenvalue weighted by molar-refractivity contribution is 6.31. The Hall–Kier alpha value is -2.84. The van der Waals surface area contributed by atoms with Gasteiger partial charge in [-0.2, -0.15) is 8.78 Å². The Morgan fingerprint density at radius 3 is 2.62 bits per heavy atom. The largest absolute Gasteiger partial charge is 0.486 e. The summed E-state index contributed by atoms with van der Waals surface area (Å²) >= 11 is 5.95. The number of carbonyl (C=O) groups is 1. The van der Waals surface area contributed by atoms with E-state index in [0.29, 0.717) is 48.1 Å². The van der Waals surface area contributed by atoms with Gasteiger partial charge in [0.2, 0.25) is 0 Å². The number of alkyl halides is 2. The molecule has 0 aliphatic carbocycles. The van der Waals surface area contributed by atoms with E-state index in [0.717, 1.165) is 37.6 Å². The van der Waals surface area contributed by atoms with E-state index in [1.54, 1.807) is 6.07 Å². The molecule has 0 radical (unpaired) electrons. The van der Waals surface area contributed by atoms with Gasteiger partial charge in [0.15, 0.2) is 17.3 Å². The Balaban J connectivity index is 1.35. The zero-order chi connectivity index (χ0) is 23.7. The van der Waals surface area contributed by atoms with E-state index in [4.69, 9.17) is 25.5 Å². The monoisotopic (exact) mass is 490 g/mol. The normalized spacial score (nSPS) is 17.1. The fourth-order valence-corrected chi connectivity index (χ4v) is 4.67. The molecular weight excluding hydrogens is 466 g/mol. The van der Waals surface area contributed by atoms with Crippen molar-refractivity contribution in [2.75, 3.05) is 32.8 Å². The molecule has 2 aromatic carbocycles. The van der Waals surface area contributed by atoms with Gasteiger partial charge >= 0.3 is 5.92 Å². The maximum atomic E-state index is 15.1. The molecule has 1 aromatic heterocycles. The summed E-state index contributed by atoms with van der Waals surface area (Å²) in [6, 6.07) is 10.8. The van der Waals surface area contributed by atoms with Gasteiger partial charge in [-0.3, -0.25) is 4.79 Å². The Kier molecular flexibility index (Phi) is 6.36. The third-order valence-corrected chi connectivity index (χ3v) is 6.41. The van der Waals surface area contributed by atoms with Gasteiger partial charge in [-0.05, 0) is 74.3 Å². The zero-order valence-corrected chi connectivity index (χ0v) is 19.2. The van der Waals surface area contributed by atoms with Crippen molar-refractivity contribution in [3.05, 3.63) is 58.8 Å². The van der Waals surface area contributed by atoms with Crippen LogP contribution < -0.4 is 14.8 Å². The average Bonchev–Trinajstić information content (AvgIpc) is 3.48. The summed E-state index contributed by atoms with van der Waals surface area (Å²) in [7, 11) is 0. The fraction of sp³-hybridized carbons (Fsp3) is 0.400. The molecule has 1 amide bonds. The summed E-state index contributed by atoms with van der Waals surface area (Å²) in [4.78, 5) is 15.0. The number of fused-ring (bicyclic) bond motifs is 2.